The lowest BCUT2D eigenvalue weighted by atomic mass is 9.51. The number of rotatable bonds is 2. The molecule has 1 unspecified atom stereocenters. The third kappa shape index (κ3) is 1.51. The van der Waals surface area contributed by atoms with Crippen LogP contribution in [0.15, 0.2) is 0 Å². The van der Waals surface area contributed by atoms with Crippen LogP contribution in [0.1, 0.15) is 59.8 Å². The van der Waals surface area contributed by atoms with Gasteiger partial charge in [-0.3, -0.25) is 0 Å². The van der Waals surface area contributed by atoms with Crippen molar-refractivity contribution in [2.24, 2.45) is 29.1 Å². The van der Waals surface area contributed by atoms with E-state index in [9.17, 15) is 0 Å². The molecule has 2 bridgehead atoms. The molecule has 0 heteroatoms. The molecule has 3 saturated carbocycles. The van der Waals surface area contributed by atoms with E-state index in [1.165, 1.54) is 32.1 Å². The maximum absolute atomic E-state index is 2.45. The molecule has 0 radical (unpaired) electrons. The fraction of sp³-hybridized carbons (Fsp3) is 1.00. The van der Waals surface area contributed by atoms with Crippen molar-refractivity contribution in [3.8, 4) is 0 Å². The zero-order valence-electron chi connectivity index (χ0n) is 10.3. The highest BCUT2D eigenvalue weighted by Crippen LogP contribution is 2.58. The smallest absolute Gasteiger partial charge is 0.0271 e. The number of hydrogen-bond donors (Lipinski definition) is 0. The molecular weight excluding hydrogens is 168 g/mol. The molecule has 0 aliphatic heterocycles. The molecule has 0 heterocycles. The maximum atomic E-state index is 2.45. The van der Waals surface area contributed by atoms with Crippen molar-refractivity contribution in [2.75, 3.05) is 0 Å². The molecule has 3 rings (SSSR count). The second kappa shape index (κ2) is 3.54. The monoisotopic (exact) mass is 194 g/mol. The van der Waals surface area contributed by atoms with Crippen molar-refractivity contribution in [1.82, 2.24) is 0 Å². The van der Waals surface area contributed by atoms with Gasteiger partial charge in [0.2, 0.25) is 0 Å². The summed E-state index contributed by atoms with van der Waals surface area (Å²) in [5.41, 5.74) is 0.740. The van der Waals surface area contributed by atoms with Crippen molar-refractivity contribution in [2.45, 2.75) is 59.8 Å². The molecule has 0 nitrogen and oxygen atoms in total. The second-order valence-corrected chi connectivity index (χ2v) is 6.47. The zero-order valence-corrected chi connectivity index (χ0v) is 10.3. The van der Waals surface area contributed by atoms with E-state index in [-0.39, 0.29) is 0 Å². The van der Waals surface area contributed by atoms with E-state index >= 15 is 0 Å². The van der Waals surface area contributed by atoms with E-state index in [0.29, 0.717) is 0 Å². The first kappa shape index (κ1) is 10.5. The van der Waals surface area contributed by atoms with Crippen LogP contribution in [-0.2, 0) is 0 Å². The van der Waals surface area contributed by atoms with E-state index in [4.69, 9.17) is 0 Å². The van der Waals surface area contributed by atoms with Gasteiger partial charge in [0, 0.05) is 0 Å². The van der Waals surface area contributed by atoms with Gasteiger partial charge in [-0.05, 0) is 61.2 Å². The average molecular weight is 194 g/mol. The highest BCUT2D eigenvalue weighted by Gasteiger charge is 2.47. The Hall–Kier alpha value is 0. The van der Waals surface area contributed by atoms with Crippen LogP contribution in [0.25, 0.3) is 0 Å². The Labute approximate surface area is 89.5 Å². The molecule has 1 atom stereocenters. The Morgan fingerprint density at radius 1 is 1.00 bits per heavy atom. The maximum Gasteiger partial charge on any atom is -0.0271 e. The minimum Gasteiger partial charge on any atom is -0.0625 e. The van der Waals surface area contributed by atoms with E-state index in [1.807, 2.05) is 0 Å². The SMILES string of the molecule is CC(C)C1CC2(C(C)C)CCC1CC2. The summed E-state index contributed by atoms with van der Waals surface area (Å²) in [6.45, 7) is 9.75. The van der Waals surface area contributed by atoms with Crippen LogP contribution < -0.4 is 0 Å². The number of hydrogen-bond acceptors (Lipinski definition) is 0. The van der Waals surface area contributed by atoms with Crippen LogP contribution in [0.2, 0.25) is 0 Å². The van der Waals surface area contributed by atoms with Gasteiger partial charge in [0.15, 0.2) is 0 Å². The third-order valence-electron chi connectivity index (χ3n) is 5.35. The van der Waals surface area contributed by atoms with Gasteiger partial charge in [0.25, 0.3) is 0 Å². The van der Waals surface area contributed by atoms with Crippen LogP contribution >= 0.6 is 0 Å². The largest absolute Gasteiger partial charge is 0.0625 e. The molecule has 0 N–H and O–H groups in total. The van der Waals surface area contributed by atoms with E-state index in [0.717, 1.165) is 29.1 Å². The highest BCUT2D eigenvalue weighted by atomic mass is 14.5. The lowest BCUT2D eigenvalue weighted by molar-refractivity contribution is -0.0394. The molecule has 0 amide bonds. The zero-order chi connectivity index (χ0) is 10.3. The van der Waals surface area contributed by atoms with Crippen molar-refractivity contribution in [3.05, 3.63) is 0 Å². The molecule has 0 aromatic heterocycles. The van der Waals surface area contributed by atoms with Gasteiger partial charge in [-0.2, -0.15) is 0 Å². The summed E-state index contributed by atoms with van der Waals surface area (Å²) in [5.74, 6) is 3.94. The molecule has 82 valence electrons. The summed E-state index contributed by atoms with van der Waals surface area (Å²) in [4.78, 5) is 0. The molecule has 14 heavy (non-hydrogen) atoms. The van der Waals surface area contributed by atoms with E-state index in [1.54, 1.807) is 0 Å². The topological polar surface area (TPSA) is 0 Å². The van der Waals surface area contributed by atoms with Crippen molar-refractivity contribution >= 4 is 0 Å². The fourth-order valence-electron chi connectivity index (χ4n) is 4.08. The van der Waals surface area contributed by atoms with Crippen LogP contribution in [-0.4, -0.2) is 0 Å². The predicted molar refractivity (Wildman–Crippen MR) is 62.2 cm³/mol. The Kier molecular flexibility index (Phi) is 2.66. The van der Waals surface area contributed by atoms with E-state index < -0.39 is 0 Å². The Morgan fingerprint density at radius 3 is 2.00 bits per heavy atom. The minimum absolute atomic E-state index is 0.740. The van der Waals surface area contributed by atoms with Gasteiger partial charge in [-0.15, -0.1) is 0 Å². The van der Waals surface area contributed by atoms with Crippen LogP contribution in [0.5, 0.6) is 0 Å². The average Bonchev–Trinajstić information content (AvgIpc) is 2.19. The normalized spacial score (nSPS) is 42.4. The molecule has 0 aromatic rings. The second-order valence-electron chi connectivity index (χ2n) is 6.47. The third-order valence-corrected chi connectivity index (χ3v) is 5.35. The van der Waals surface area contributed by atoms with Gasteiger partial charge >= 0.3 is 0 Å². The molecular formula is C14H26. The Bertz CT molecular complexity index is 194. The number of fused-ring (bicyclic) bond motifs is 3. The van der Waals surface area contributed by atoms with Gasteiger partial charge in [-0.25, -0.2) is 0 Å². The summed E-state index contributed by atoms with van der Waals surface area (Å²) < 4.78 is 0. The summed E-state index contributed by atoms with van der Waals surface area (Å²) >= 11 is 0. The van der Waals surface area contributed by atoms with Crippen molar-refractivity contribution in [1.29, 1.82) is 0 Å². The fourth-order valence-corrected chi connectivity index (χ4v) is 4.08. The molecule has 0 aromatic carbocycles. The lowest BCUT2D eigenvalue weighted by Gasteiger charge is -2.54. The lowest BCUT2D eigenvalue weighted by Crippen LogP contribution is -2.44. The summed E-state index contributed by atoms with van der Waals surface area (Å²) in [7, 11) is 0. The van der Waals surface area contributed by atoms with Crippen LogP contribution in [0.3, 0.4) is 0 Å². The van der Waals surface area contributed by atoms with E-state index in [2.05, 4.69) is 27.7 Å². The first-order chi connectivity index (χ1) is 6.55. The summed E-state index contributed by atoms with van der Waals surface area (Å²) in [6, 6.07) is 0. The molecule has 3 fully saturated rings. The minimum atomic E-state index is 0.740. The quantitative estimate of drug-likeness (QED) is 0.607. The summed E-state index contributed by atoms with van der Waals surface area (Å²) in [6.07, 6.45) is 7.64. The van der Waals surface area contributed by atoms with Crippen molar-refractivity contribution < 1.29 is 0 Å². The highest BCUT2D eigenvalue weighted by molar-refractivity contribution is 4.98. The van der Waals surface area contributed by atoms with Crippen LogP contribution in [0.4, 0.5) is 0 Å². The molecule has 0 saturated heterocycles. The van der Waals surface area contributed by atoms with Gasteiger partial charge in [0.05, 0.1) is 0 Å². The Balaban J connectivity index is 2.15. The van der Waals surface area contributed by atoms with Gasteiger partial charge < -0.3 is 0 Å². The molecule has 0 spiro atoms. The first-order valence-corrected chi connectivity index (χ1v) is 6.55. The Morgan fingerprint density at radius 2 is 1.57 bits per heavy atom. The standard InChI is InChI=1S/C14H26/c1-10(2)13-9-14(11(3)4)7-5-12(13)6-8-14/h10-13H,5-9H2,1-4H3. The molecule has 3 aliphatic rings. The first-order valence-electron chi connectivity index (χ1n) is 6.55. The van der Waals surface area contributed by atoms with Crippen molar-refractivity contribution in [3.63, 3.8) is 0 Å². The summed E-state index contributed by atoms with van der Waals surface area (Å²) in [5, 5.41) is 0. The van der Waals surface area contributed by atoms with Crippen LogP contribution in [0, 0.1) is 29.1 Å². The molecule has 3 aliphatic carbocycles. The predicted octanol–water partition coefficient (Wildman–Crippen LogP) is 4.49. The van der Waals surface area contributed by atoms with Gasteiger partial charge in [-0.1, -0.05) is 27.7 Å². The van der Waals surface area contributed by atoms with Gasteiger partial charge in [0.1, 0.15) is 0 Å².